The Hall–Kier alpha value is -2.94. The lowest BCUT2D eigenvalue weighted by Crippen LogP contribution is -2.12. The van der Waals surface area contributed by atoms with E-state index in [0.717, 1.165) is 33.9 Å². The molecule has 0 atom stereocenters. The molecule has 2 aromatic heterocycles. The zero-order valence-electron chi connectivity index (χ0n) is 13.6. The number of nitrogens with zero attached hydrogens (tertiary/aromatic N) is 2. The van der Waals surface area contributed by atoms with E-state index in [1.807, 2.05) is 60.2 Å². The average Bonchev–Trinajstić information content (AvgIpc) is 2.97. The molecule has 0 bridgehead atoms. The second-order valence-corrected chi connectivity index (χ2v) is 6.02. The number of para-hydroxylation sites is 1. The van der Waals surface area contributed by atoms with E-state index in [4.69, 9.17) is 0 Å². The van der Waals surface area contributed by atoms with Gasteiger partial charge in [-0.15, -0.1) is 0 Å². The highest BCUT2D eigenvalue weighted by Crippen LogP contribution is 2.30. The number of pyridine rings is 1. The smallest absolute Gasteiger partial charge is 0.231 e. The van der Waals surface area contributed by atoms with Gasteiger partial charge in [-0.25, -0.2) is 0 Å². The number of fused-ring (bicyclic) bond motifs is 3. The molecule has 3 heteroatoms. The van der Waals surface area contributed by atoms with Crippen LogP contribution in [0.15, 0.2) is 66.9 Å². The second-order valence-electron chi connectivity index (χ2n) is 6.02. The van der Waals surface area contributed by atoms with Gasteiger partial charge in [-0.3, -0.25) is 14.3 Å². The van der Waals surface area contributed by atoms with Crippen molar-refractivity contribution in [2.45, 2.75) is 19.8 Å². The van der Waals surface area contributed by atoms with E-state index < -0.39 is 0 Å². The first kappa shape index (κ1) is 14.6. The van der Waals surface area contributed by atoms with E-state index in [0.29, 0.717) is 6.42 Å². The van der Waals surface area contributed by atoms with Crippen molar-refractivity contribution in [2.24, 2.45) is 0 Å². The lowest BCUT2D eigenvalue weighted by atomic mass is 10.1. The van der Waals surface area contributed by atoms with Gasteiger partial charge >= 0.3 is 0 Å². The molecule has 118 valence electrons. The van der Waals surface area contributed by atoms with E-state index in [1.165, 1.54) is 5.56 Å². The molecule has 0 N–H and O–H groups in total. The molecule has 0 radical (unpaired) electrons. The Kier molecular flexibility index (Phi) is 3.62. The van der Waals surface area contributed by atoms with Crippen LogP contribution < -0.4 is 0 Å². The molecule has 2 heterocycles. The predicted molar refractivity (Wildman–Crippen MR) is 97.4 cm³/mol. The third-order valence-corrected chi connectivity index (χ3v) is 4.49. The summed E-state index contributed by atoms with van der Waals surface area (Å²) >= 11 is 0. The number of hydrogen-bond acceptors (Lipinski definition) is 2. The number of hydrogen-bond donors (Lipinski definition) is 0. The van der Waals surface area contributed by atoms with E-state index in [9.17, 15) is 4.79 Å². The molecule has 0 amide bonds. The van der Waals surface area contributed by atoms with Crippen LogP contribution in [-0.4, -0.2) is 15.5 Å². The largest absolute Gasteiger partial charge is 0.278 e. The van der Waals surface area contributed by atoms with Gasteiger partial charge in [0.05, 0.1) is 16.7 Å². The molecule has 0 unspecified atom stereocenters. The molecule has 0 aliphatic carbocycles. The first-order chi connectivity index (χ1) is 11.8. The maximum absolute atomic E-state index is 13.0. The van der Waals surface area contributed by atoms with Gasteiger partial charge in [0.15, 0.2) is 0 Å². The average molecular weight is 314 g/mol. The maximum Gasteiger partial charge on any atom is 0.231 e. The Balaban J connectivity index is 1.81. The second kappa shape index (κ2) is 5.93. The number of carbonyl (C=O) groups excluding carboxylic acids is 1. The molecule has 0 saturated carbocycles. The van der Waals surface area contributed by atoms with Crippen molar-refractivity contribution < 1.29 is 4.79 Å². The number of rotatable bonds is 3. The molecule has 0 saturated heterocycles. The van der Waals surface area contributed by atoms with Gasteiger partial charge in [-0.05, 0) is 31.0 Å². The molecule has 3 nitrogen and oxygen atoms in total. The lowest BCUT2D eigenvalue weighted by Gasteiger charge is -2.07. The Bertz CT molecular complexity index is 1030. The Morgan fingerprint density at radius 1 is 0.958 bits per heavy atom. The van der Waals surface area contributed by atoms with Gasteiger partial charge in [0.25, 0.3) is 0 Å². The zero-order chi connectivity index (χ0) is 16.5. The van der Waals surface area contributed by atoms with Gasteiger partial charge in [-0.1, -0.05) is 48.5 Å². The van der Waals surface area contributed by atoms with Crippen LogP contribution in [0.4, 0.5) is 0 Å². The summed E-state index contributed by atoms with van der Waals surface area (Å²) in [5.74, 6) is 0.112. The van der Waals surface area contributed by atoms with Crippen molar-refractivity contribution in [3.8, 4) is 0 Å². The van der Waals surface area contributed by atoms with Crippen LogP contribution in [0.5, 0.6) is 0 Å². The Morgan fingerprint density at radius 3 is 2.54 bits per heavy atom. The predicted octanol–water partition coefficient (Wildman–Crippen LogP) is 4.77. The van der Waals surface area contributed by atoms with E-state index in [1.54, 1.807) is 0 Å². The number of aryl methyl sites for hydroxylation is 2. The van der Waals surface area contributed by atoms with Gasteiger partial charge in [0, 0.05) is 23.4 Å². The minimum atomic E-state index is 0.112. The Morgan fingerprint density at radius 2 is 1.71 bits per heavy atom. The summed E-state index contributed by atoms with van der Waals surface area (Å²) in [6, 6.07) is 20.2. The fraction of sp³-hybridized carbons (Fsp3) is 0.143. The molecule has 0 aliphatic rings. The van der Waals surface area contributed by atoms with Crippen LogP contribution in [-0.2, 0) is 6.42 Å². The fourth-order valence-corrected chi connectivity index (χ4v) is 3.34. The van der Waals surface area contributed by atoms with Crippen LogP contribution in [0.25, 0.3) is 21.8 Å². The standard InChI is InChI=1S/C21H18N2O/c1-15-21-18(13-14-22-15)17-9-5-6-10-19(17)23(21)20(24)12-11-16-7-3-2-4-8-16/h2-10,13-14H,11-12H2,1H3. The van der Waals surface area contributed by atoms with Crippen LogP contribution in [0.2, 0.25) is 0 Å². The molecule has 2 aromatic carbocycles. The minimum absolute atomic E-state index is 0.112. The molecular weight excluding hydrogens is 296 g/mol. The van der Waals surface area contributed by atoms with Crippen molar-refractivity contribution in [1.29, 1.82) is 0 Å². The SMILES string of the molecule is Cc1nccc2c3ccccc3n(C(=O)CCc3ccccc3)c12. The molecule has 0 aliphatic heterocycles. The maximum atomic E-state index is 13.0. The Labute approximate surface area is 140 Å². The normalized spacial score (nSPS) is 11.2. The summed E-state index contributed by atoms with van der Waals surface area (Å²) < 4.78 is 1.84. The molecule has 0 spiro atoms. The van der Waals surface area contributed by atoms with Crippen LogP contribution in [0.3, 0.4) is 0 Å². The molecule has 4 aromatic rings. The highest BCUT2D eigenvalue weighted by Gasteiger charge is 2.17. The first-order valence-electron chi connectivity index (χ1n) is 8.17. The molecule has 4 rings (SSSR count). The lowest BCUT2D eigenvalue weighted by molar-refractivity contribution is 0.0913. The molecule has 24 heavy (non-hydrogen) atoms. The number of aromatic nitrogens is 2. The minimum Gasteiger partial charge on any atom is -0.278 e. The zero-order valence-corrected chi connectivity index (χ0v) is 13.6. The number of carbonyl (C=O) groups is 1. The number of benzene rings is 2. The van der Waals surface area contributed by atoms with Crippen LogP contribution in [0, 0.1) is 6.92 Å². The van der Waals surface area contributed by atoms with Crippen molar-refractivity contribution in [3.63, 3.8) is 0 Å². The third-order valence-electron chi connectivity index (χ3n) is 4.49. The van der Waals surface area contributed by atoms with Crippen molar-refractivity contribution in [1.82, 2.24) is 9.55 Å². The quantitative estimate of drug-likeness (QED) is 0.546. The highest BCUT2D eigenvalue weighted by molar-refractivity contribution is 6.13. The summed E-state index contributed by atoms with van der Waals surface area (Å²) in [5.41, 5.74) is 3.96. The van der Waals surface area contributed by atoms with Crippen LogP contribution >= 0.6 is 0 Å². The van der Waals surface area contributed by atoms with Crippen LogP contribution in [0.1, 0.15) is 22.5 Å². The van der Waals surface area contributed by atoms with Crippen molar-refractivity contribution >= 4 is 27.7 Å². The summed E-state index contributed by atoms with van der Waals surface area (Å²) in [6.07, 6.45) is 3.03. The molecular formula is C21H18N2O. The summed E-state index contributed by atoms with van der Waals surface area (Å²) in [6.45, 7) is 1.96. The molecule has 0 fully saturated rings. The summed E-state index contributed by atoms with van der Waals surface area (Å²) in [7, 11) is 0. The topological polar surface area (TPSA) is 34.9 Å². The van der Waals surface area contributed by atoms with Crippen molar-refractivity contribution in [3.05, 3.63) is 78.1 Å². The van der Waals surface area contributed by atoms with Gasteiger partial charge in [0.2, 0.25) is 5.91 Å². The first-order valence-corrected chi connectivity index (χ1v) is 8.17. The summed E-state index contributed by atoms with van der Waals surface area (Å²) in [5, 5.41) is 2.19. The third kappa shape index (κ3) is 2.38. The van der Waals surface area contributed by atoms with E-state index >= 15 is 0 Å². The monoisotopic (exact) mass is 314 g/mol. The highest BCUT2D eigenvalue weighted by atomic mass is 16.2. The van der Waals surface area contributed by atoms with Crippen molar-refractivity contribution in [2.75, 3.05) is 0 Å². The van der Waals surface area contributed by atoms with E-state index in [-0.39, 0.29) is 5.91 Å². The van der Waals surface area contributed by atoms with Gasteiger partial charge in [-0.2, -0.15) is 0 Å². The van der Waals surface area contributed by atoms with Gasteiger partial charge < -0.3 is 0 Å². The summed E-state index contributed by atoms with van der Waals surface area (Å²) in [4.78, 5) is 17.4. The van der Waals surface area contributed by atoms with E-state index in [2.05, 4.69) is 23.2 Å². The fourth-order valence-electron chi connectivity index (χ4n) is 3.34. The van der Waals surface area contributed by atoms with Gasteiger partial charge in [0.1, 0.15) is 0 Å².